The van der Waals surface area contributed by atoms with Gasteiger partial charge in [0.15, 0.2) is 11.5 Å². The first-order chi connectivity index (χ1) is 20.0. The number of nitriles is 1. The average molecular weight is 593 g/mol. The van der Waals surface area contributed by atoms with Gasteiger partial charge in [0.05, 0.1) is 23.2 Å². The average Bonchev–Trinajstić information content (AvgIpc) is 3.29. The summed E-state index contributed by atoms with van der Waals surface area (Å²) in [6, 6.07) is 7.96. The van der Waals surface area contributed by atoms with Crippen molar-refractivity contribution in [3.63, 3.8) is 0 Å². The van der Waals surface area contributed by atoms with Crippen molar-refractivity contribution in [2.24, 2.45) is 11.3 Å². The number of hydrogen-bond acceptors (Lipinski definition) is 7. The van der Waals surface area contributed by atoms with Crippen LogP contribution in [0.5, 0.6) is 5.88 Å². The third-order valence-electron chi connectivity index (χ3n) is 7.14. The smallest absolute Gasteiger partial charge is 0.337 e. The van der Waals surface area contributed by atoms with Gasteiger partial charge in [0.2, 0.25) is 5.82 Å². The molecule has 0 saturated heterocycles. The molecule has 4 aromatic rings. The predicted molar refractivity (Wildman–Crippen MR) is 151 cm³/mol. The van der Waals surface area contributed by atoms with Gasteiger partial charge in [-0.2, -0.15) is 14.6 Å². The monoisotopic (exact) mass is 592 g/mol. The van der Waals surface area contributed by atoms with Gasteiger partial charge in [-0.25, -0.2) is 24.1 Å². The summed E-state index contributed by atoms with van der Waals surface area (Å²) in [4.78, 5) is 28.9. The highest BCUT2D eigenvalue weighted by Crippen LogP contribution is 2.33. The summed E-state index contributed by atoms with van der Waals surface area (Å²) in [6.07, 6.45) is 7.03. The van der Waals surface area contributed by atoms with Gasteiger partial charge in [0.1, 0.15) is 23.8 Å². The van der Waals surface area contributed by atoms with Crippen LogP contribution in [0.1, 0.15) is 60.7 Å². The molecule has 1 aromatic carbocycles. The number of aromatic nitrogens is 5. The van der Waals surface area contributed by atoms with Gasteiger partial charge < -0.3 is 14.4 Å². The lowest BCUT2D eigenvalue weighted by Crippen LogP contribution is -2.21. The molecule has 0 radical (unpaired) electrons. The lowest BCUT2D eigenvalue weighted by molar-refractivity contribution is 0.0696. The van der Waals surface area contributed by atoms with Crippen LogP contribution in [-0.4, -0.2) is 35.6 Å². The number of halogens is 3. The second kappa shape index (κ2) is 11.8. The maximum Gasteiger partial charge on any atom is 0.337 e. The van der Waals surface area contributed by atoms with Crippen LogP contribution in [0, 0.1) is 34.3 Å². The Kier molecular flexibility index (Phi) is 8.18. The van der Waals surface area contributed by atoms with Crippen molar-refractivity contribution in [1.82, 2.24) is 24.5 Å². The Labute approximate surface area is 245 Å². The third-order valence-corrected chi connectivity index (χ3v) is 7.37. The first-order valence-corrected chi connectivity index (χ1v) is 13.7. The highest BCUT2D eigenvalue weighted by atomic mass is 35.5. The molecule has 0 fully saturated rings. The van der Waals surface area contributed by atoms with Crippen molar-refractivity contribution in [3.8, 4) is 11.9 Å². The quantitative estimate of drug-likeness (QED) is 0.236. The van der Waals surface area contributed by atoms with Crippen molar-refractivity contribution in [1.29, 1.82) is 5.26 Å². The van der Waals surface area contributed by atoms with Crippen LogP contribution < -0.4 is 4.74 Å². The maximum absolute atomic E-state index is 14.4. The second-order valence-electron chi connectivity index (χ2n) is 10.9. The summed E-state index contributed by atoms with van der Waals surface area (Å²) in [5.41, 5.74) is 1.43. The molecule has 3 aromatic heterocycles. The van der Waals surface area contributed by atoms with E-state index in [0.717, 1.165) is 30.1 Å². The molecule has 3 heterocycles. The van der Waals surface area contributed by atoms with E-state index in [0.29, 0.717) is 42.8 Å². The number of rotatable bonds is 9. The van der Waals surface area contributed by atoms with Crippen molar-refractivity contribution in [2.75, 3.05) is 0 Å². The van der Waals surface area contributed by atoms with Gasteiger partial charge >= 0.3 is 5.97 Å². The number of aromatic carboxylic acids is 1. The van der Waals surface area contributed by atoms with Crippen molar-refractivity contribution in [2.45, 2.75) is 52.7 Å². The zero-order valence-electron chi connectivity index (χ0n) is 22.9. The molecule has 1 unspecified atom stereocenters. The molecular formula is C30H27ClF2N6O3. The van der Waals surface area contributed by atoms with E-state index in [-0.39, 0.29) is 34.6 Å². The van der Waals surface area contributed by atoms with Gasteiger partial charge in [0.25, 0.3) is 5.88 Å². The van der Waals surface area contributed by atoms with Gasteiger partial charge in [-0.3, -0.25) is 0 Å². The van der Waals surface area contributed by atoms with Crippen LogP contribution in [0.3, 0.4) is 0 Å². The number of carboxylic acid groups (broad SMARTS) is 1. The Bertz CT molecular complexity index is 1750. The van der Waals surface area contributed by atoms with Crippen LogP contribution in [-0.2, 0) is 19.6 Å². The predicted octanol–water partition coefficient (Wildman–Crippen LogP) is 6.41. The molecule has 0 saturated carbocycles. The van der Waals surface area contributed by atoms with Crippen LogP contribution >= 0.6 is 11.6 Å². The lowest BCUT2D eigenvalue weighted by atomic mass is 9.86. The van der Waals surface area contributed by atoms with E-state index in [9.17, 15) is 23.9 Å². The minimum absolute atomic E-state index is 0.0458. The number of hydrogen-bond donors (Lipinski definition) is 1. The number of allylic oxidation sites excluding steroid dienone is 2. The normalized spacial score (nSPS) is 15.3. The minimum Gasteiger partial charge on any atom is -0.478 e. The fourth-order valence-corrected chi connectivity index (χ4v) is 5.01. The summed E-state index contributed by atoms with van der Waals surface area (Å²) >= 11 is 5.79. The number of ether oxygens (including phenoxy) is 1. The number of carbonyl (C=O) groups is 1. The molecule has 1 N–H and O–H groups in total. The van der Waals surface area contributed by atoms with Gasteiger partial charge in [-0.05, 0) is 62.8 Å². The standard InChI is InChI=1S/C30H27ClF2N6O3/c1-30(2,15-34)16-39-25(37-24-10-20(29(40)41)12-36-27(24)39)9-17-3-5-18(6-4-17)26-35-13-23(33)28(38-26)42-14-19-7-8-21(31)11-22(19)32/h5,7-8,10-13,17H,3-4,6,9,14,16H2,1-2H3,(H,40,41). The summed E-state index contributed by atoms with van der Waals surface area (Å²) < 4.78 is 35.9. The highest BCUT2D eigenvalue weighted by molar-refractivity contribution is 6.30. The van der Waals surface area contributed by atoms with E-state index in [4.69, 9.17) is 21.3 Å². The fourth-order valence-electron chi connectivity index (χ4n) is 4.85. The fraction of sp³-hybridized carbons (Fsp3) is 0.333. The molecule has 42 heavy (non-hydrogen) atoms. The molecule has 5 rings (SSSR count). The molecular weight excluding hydrogens is 566 g/mol. The molecule has 1 aliphatic rings. The molecule has 0 aliphatic heterocycles. The summed E-state index contributed by atoms with van der Waals surface area (Å²) in [5.74, 6) is -1.38. The summed E-state index contributed by atoms with van der Waals surface area (Å²) in [5, 5.41) is 19.3. The molecule has 1 aliphatic carbocycles. The van der Waals surface area contributed by atoms with Crippen LogP contribution in [0.4, 0.5) is 8.78 Å². The number of carboxylic acids is 1. The lowest BCUT2D eigenvalue weighted by Gasteiger charge is -2.23. The maximum atomic E-state index is 14.4. The zero-order valence-corrected chi connectivity index (χ0v) is 23.7. The first-order valence-electron chi connectivity index (χ1n) is 13.3. The van der Waals surface area contributed by atoms with E-state index in [2.05, 4.69) is 21.0 Å². The van der Waals surface area contributed by atoms with E-state index in [1.165, 1.54) is 24.4 Å². The molecule has 9 nitrogen and oxygen atoms in total. The number of benzene rings is 1. The Morgan fingerprint density at radius 3 is 2.71 bits per heavy atom. The number of fused-ring (bicyclic) bond motifs is 1. The Hall–Kier alpha value is -4.43. The summed E-state index contributed by atoms with van der Waals surface area (Å²) in [6.45, 7) is 3.80. The van der Waals surface area contributed by atoms with E-state index in [1.54, 1.807) is 0 Å². The number of imidazole rings is 1. The minimum atomic E-state index is -1.09. The van der Waals surface area contributed by atoms with Gasteiger partial charge in [0, 0.05) is 29.7 Å². The zero-order chi connectivity index (χ0) is 30.0. The van der Waals surface area contributed by atoms with Crippen LogP contribution in [0.2, 0.25) is 5.02 Å². The van der Waals surface area contributed by atoms with Gasteiger partial charge in [-0.15, -0.1) is 0 Å². The molecule has 216 valence electrons. The first kappa shape index (κ1) is 29.1. The Balaban J connectivity index is 1.33. The SMILES string of the molecule is CC(C)(C#N)Cn1c(CC2CC=C(c3ncc(F)c(OCc4ccc(Cl)cc4F)n3)CC2)nc2cc(C(=O)O)cnc21. The topological polar surface area (TPSA) is 127 Å². The van der Waals surface area contributed by atoms with Crippen molar-refractivity contribution < 1.29 is 23.4 Å². The Morgan fingerprint density at radius 1 is 1.21 bits per heavy atom. The Morgan fingerprint density at radius 2 is 2.02 bits per heavy atom. The van der Waals surface area contributed by atoms with Crippen LogP contribution in [0.25, 0.3) is 16.7 Å². The third kappa shape index (κ3) is 6.39. The summed E-state index contributed by atoms with van der Waals surface area (Å²) in [7, 11) is 0. The highest BCUT2D eigenvalue weighted by Gasteiger charge is 2.26. The van der Waals surface area contributed by atoms with Crippen molar-refractivity contribution in [3.05, 3.63) is 82.2 Å². The molecule has 0 spiro atoms. The molecule has 1 atom stereocenters. The molecule has 0 bridgehead atoms. The van der Waals surface area contributed by atoms with Crippen molar-refractivity contribution >= 4 is 34.3 Å². The number of nitrogens with zero attached hydrogens (tertiary/aromatic N) is 6. The second-order valence-corrected chi connectivity index (χ2v) is 11.4. The largest absolute Gasteiger partial charge is 0.478 e. The van der Waals surface area contributed by atoms with E-state index in [1.807, 2.05) is 24.5 Å². The molecule has 0 amide bonds. The number of pyridine rings is 1. The molecule has 12 heteroatoms. The van der Waals surface area contributed by atoms with Crippen LogP contribution in [0.15, 0.2) is 42.7 Å². The van der Waals surface area contributed by atoms with E-state index >= 15 is 0 Å². The van der Waals surface area contributed by atoms with E-state index < -0.39 is 23.0 Å². The van der Waals surface area contributed by atoms with Gasteiger partial charge in [-0.1, -0.05) is 23.7 Å².